The molecule has 2 N–H and O–H groups in total. The molecule has 0 saturated heterocycles. The largest absolute Gasteiger partial charge is 0.322 e. The van der Waals surface area contributed by atoms with E-state index in [0.717, 1.165) is 4.90 Å². The van der Waals surface area contributed by atoms with E-state index in [-0.39, 0.29) is 10.8 Å². The molecule has 0 bridgehead atoms. The monoisotopic (exact) mass is 424 g/mol. The maximum Gasteiger partial charge on any atom is 0.261 e. The van der Waals surface area contributed by atoms with Crippen molar-refractivity contribution in [2.75, 3.05) is 15.8 Å². The van der Waals surface area contributed by atoms with E-state index >= 15 is 0 Å². The van der Waals surface area contributed by atoms with Crippen LogP contribution in [-0.4, -0.2) is 20.1 Å². The van der Waals surface area contributed by atoms with E-state index in [1.165, 1.54) is 23.9 Å². The van der Waals surface area contributed by atoms with Gasteiger partial charge in [0.25, 0.3) is 15.9 Å². The number of sulfonamides is 1. The molecule has 29 heavy (non-hydrogen) atoms. The Bertz CT molecular complexity index is 1100. The van der Waals surface area contributed by atoms with Crippen LogP contribution in [-0.2, 0) is 10.0 Å². The predicted octanol–water partition coefficient (Wildman–Crippen LogP) is 5.02. The quantitative estimate of drug-likeness (QED) is 0.393. The van der Waals surface area contributed by atoms with Gasteiger partial charge in [0, 0.05) is 22.0 Å². The third kappa shape index (κ3) is 5.49. The fourth-order valence-electron chi connectivity index (χ4n) is 2.56. The van der Waals surface area contributed by atoms with Gasteiger partial charge in [-0.2, -0.15) is 0 Å². The number of nitrogens with one attached hydrogen (secondary N) is 2. The molecule has 3 aromatic rings. The summed E-state index contributed by atoms with van der Waals surface area (Å²) in [5.41, 5.74) is 1.55. The van der Waals surface area contributed by atoms with Crippen molar-refractivity contribution in [2.24, 2.45) is 0 Å². The number of anilines is 2. The number of hydrogen-bond acceptors (Lipinski definition) is 4. The van der Waals surface area contributed by atoms with E-state index in [1.807, 2.05) is 18.2 Å². The summed E-state index contributed by atoms with van der Waals surface area (Å²) < 4.78 is 27.5. The molecule has 0 aliphatic carbocycles. The van der Waals surface area contributed by atoms with Crippen molar-refractivity contribution in [2.45, 2.75) is 9.79 Å². The van der Waals surface area contributed by atoms with Crippen molar-refractivity contribution in [3.63, 3.8) is 0 Å². The zero-order chi connectivity index (χ0) is 20.7. The molecular weight excluding hydrogens is 404 g/mol. The molecule has 1 amide bonds. The normalized spacial score (nSPS) is 10.9. The maximum absolute atomic E-state index is 12.6. The molecule has 0 fully saturated rings. The lowest BCUT2D eigenvalue weighted by molar-refractivity contribution is 0.102. The Morgan fingerprint density at radius 3 is 2.24 bits per heavy atom. The predicted molar refractivity (Wildman–Crippen MR) is 119 cm³/mol. The van der Waals surface area contributed by atoms with Gasteiger partial charge in [-0.3, -0.25) is 9.52 Å². The lowest BCUT2D eigenvalue weighted by atomic mass is 10.2. The number of carbonyl (C=O) groups is 1. The summed E-state index contributed by atoms with van der Waals surface area (Å²) in [7, 11) is -3.70. The van der Waals surface area contributed by atoms with Crippen LogP contribution >= 0.6 is 11.8 Å². The highest BCUT2D eigenvalue weighted by atomic mass is 32.2. The van der Waals surface area contributed by atoms with Gasteiger partial charge >= 0.3 is 0 Å². The molecule has 0 spiro atoms. The number of benzene rings is 3. The second kappa shape index (κ2) is 9.45. The molecule has 0 aromatic heterocycles. The lowest BCUT2D eigenvalue weighted by Gasteiger charge is -2.11. The first-order valence-corrected chi connectivity index (χ1v) is 11.3. The summed E-state index contributed by atoms with van der Waals surface area (Å²) in [6.07, 6.45) is 1.78. The minimum Gasteiger partial charge on any atom is -0.322 e. The van der Waals surface area contributed by atoms with Crippen LogP contribution in [0.15, 0.2) is 101 Å². The van der Waals surface area contributed by atoms with E-state index < -0.39 is 10.0 Å². The zero-order valence-electron chi connectivity index (χ0n) is 15.5. The number of amides is 1. The molecule has 148 valence electrons. The Kier molecular flexibility index (Phi) is 6.74. The van der Waals surface area contributed by atoms with Crippen LogP contribution in [0.25, 0.3) is 0 Å². The molecule has 3 rings (SSSR count). The van der Waals surface area contributed by atoms with Crippen LogP contribution in [0.1, 0.15) is 10.4 Å². The van der Waals surface area contributed by atoms with E-state index in [1.54, 1.807) is 54.6 Å². The fourth-order valence-corrected chi connectivity index (χ4v) is 4.41. The summed E-state index contributed by atoms with van der Waals surface area (Å²) in [5.74, 6) is 0.445. The number of thioether (sulfide) groups is 1. The summed E-state index contributed by atoms with van der Waals surface area (Å²) >= 11 is 1.53. The summed E-state index contributed by atoms with van der Waals surface area (Å²) in [4.78, 5) is 13.6. The first kappa shape index (κ1) is 20.7. The van der Waals surface area contributed by atoms with Gasteiger partial charge in [0.2, 0.25) is 0 Å². The third-order valence-corrected chi connectivity index (χ3v) is 6.40. The fraction of sp³-hybridized carbons (Fsp3) is 0.0455. The van der Waals surface area contributed by atoms with Gasteiger partial charge in [-0.25, -0.2) is 8.42 Å². The summed E-state index contributed by atoms with van der Waals surface area (Å²) in [6, 6.07) is 22.0. The second-order valence-electron chi connectivity index (χ2n) is 6.05. The van der Waals surface area contributed by atoms with Gasteiger partial charge < -0.3 is 5.32 Å². The van der Waals surface area contributed by atoms with Gasteiger partial charge in [-0.15, -0.1) is 18.3 Å². The summed E-state index contributed by atoms with van der Waals surface area (Å²) in [5, 5.41) is 2.81. The van der Waals surface area contributed by atoms with Crippen molar-refractivity contribution in [1.82, 2.24) is 0 Å². The number of rotatable bonds is 8. The highest BCUT2D eigenvalue weighted by Crippen LogP contribution is 2.24. The molecule has 0 unspecified atom stereocenters. The smallest absolute Gasteiger partial charge is 0.261 e. The molecule has 0 saturated carbocycles. The molecule has 0 radical (unpaired) electrons. The Balaban J connectivity index is 1.72. The molecule has 5 nitrogen and oxygen atoms in total. The van der Waals surface area contributed by atoms with Crippen LogP contribution < -0.4 is 10.0 Å². The maximum atomic E-state index is 12.6. The first-order chi connectivity index (χ1) is 14.0. The molecule has 7 heteroatoms. The molecule has 0 atom stereocenters. The van der Waals surface area contributed by atoms with Crippen LogP contribution in [0.4, 0.5) is 11.4 Å². The standard InChI is InChI=1S/C22H20N2O3S2/c1-2-16-28-21-11-7-6-10-20(21)22(25)23-17-12-14-19(15-13-17)29(26,27)24-18-8-4-3-5-9-18/h2-15,24H,1,16H2,(H,23,25). The van der Waals surface area contributed by atoms with E-state index in [9.17, 15) is 13.2 Å². The molecule has 0 heterocycles. The molecular formula is C22H20N2O3S2. The van der Waals surface area contributed by atoms with Gasteiger partial charge in [0.15, 0.2) is 0 Å². The average Bonchev–Trinajstić information content (AvgIpc) is 2.73. The van der Waals surface area contributed by atoms with Gasteiger partial charge in [-0.1, -0.05) is 36.4 Å². The van der Waals surface area contributed by atoms with E-state index in [4.69, 9.17) is 0 Å². The van der Waals surface area contributed by atoms with Crippen molar-refractivity contribution >= 4 is 39.1 Å². The Morgan fingerprint density at radius 2 is 1.55 bits per heavy atom. The van der Waals surface area contributed by atoms with Gasteiger partial charge in [0.05, 0.1) is 10.5 Å². The number of hydrogen-bond donors (Lipinski definition) is 2. The Morgan fingerprint density at radius 1 is 0.897 bits per heavy atom. The van der Waals surface area contributed by atoms with Gasteiger partial charge in [-0.05, 0) is 48.5 Å². The summed E-state index contributed by atoms with van der Waals surface area (Å²) in [6.45, 7) is 3.70. The minimum atomic E-state index is -3.70. The van der Waals surface area contributed by atoms with Crippen LogP contribution in [0, 0.1) is 0 Å². The van der Waals surface area contributed by atoms with Crippen molar-refractivity contribution in [1.29, 1.82) is 0 Å². The van der Waals surface area contributed by atoms with Crippen molar-refractivity contribution in [3.8, 4) is 0 Å². The van der Waals surface area contributed by atoms with E-state index in [2.05, 4.69) is 16.6 Å². The van der Waals surface area contributed by atoms with Crippen molar-refractivity contribution < 1.29 is 13.2 Å². The molecule has 0 aliphatic rings. The lowest BCUT2D eigenvalue weighted by Crippen LogP contribution is -2.14. The van der Waals surface area contributed by atoms with Crippen molar-refractivity contribution in [3.05, 3.63) is 97.1 Å². The molecule has 3 aromatic carbocycles. The number of carbonyl (C=O) groups excluding carboxylic acids is 1. The Labute approximate surface area is 174 Å². The van der Waals surface area contributed by atoms with E-state index in [0.29, 0.717) is 22.7 Å². The van der Waals surface area contributed by atoms with Crippen LogP contribution in [0.2, 0.25) is 0 Å². The number of para-hydroxylation sites is 1. The third-order valence-electron chi connectivity index (χ3n) is 3.94. The highest BCUT2D eigenvalue weighted by Gasteiger charge is 2.15. The SMILES string of the molecule is C=CCSc1ccccc1C(=O)Nc1ccc(S(=O)(=O)Nc2ccccc2)cc1. The van der Waals surface area contributed by atoms with Crippen LogP contribution in [0.3, 0.4) is 0 Å². The first-order valence-electron chi connectivity index (χ1n) is 8.81. The topological polar surface area (TPSA) is 75.3 Å². The minimum absolute atomic E-state index is 0.112. The van der Waals surface area contributed by atoms with Gasteiger partial charge in [0.1, 0.15) is 0 Å². The average molecular weight is 425 g/mol. The second-order valence-corrected chi connectivity index (χ2v) is 8.79. The van der Waals surface area contributed by atoms with Crippen LogP contribution in [0.5, 0.6) is 0 Å². The zero-order valence-corrected chi connectivity index (χ0v) is 17.2. The molecule has 0 aliphatic heterocycles. The Hall–Kier alpha value is -3.03. The highest BCUT2D eigenvalue weighted by molar-refractivity contribution is 7.99.